The third-order valence-corrected chi connectivity index (χ3v) is 2.86. The first kappa shape index (κ1) is 13.8. The normalized spacial score (nSPS) is 12.5. The third-order valence-electron chi connectivity index (χ3n) is 2.86. The Morgan fingerprint density at radius 1 is 1.18 bits per heavy atom. The van der Waals surface area contributed by atoms with Crippen molar-refractivity contribution in [1.29, 1.82) is 0 Å². The molecule has 0 atom stereocenters. The fourth-order valence-electron chi connectivity index (χ4n) is 2.50. The summed E-state index contributed by atoms with van der Waals surface area (Å²) in [4.78, 5) is 11.0. The fourth-order valence-corrected chi connectivity index (χ4v) is 2.50. The van der Waals surface area contributed by atoms with Crippen molar-refractivity contribution in [3.8, 4) is 0 Å². The number of hydrogen-bond acceptors (Lipinski definition) is 1. The zero-order valence-electron chi connectivity index (χ0n) is 11.4. The zero-order valence-corrected chi connectivity index (χ0v) is 11.4. The van der Waals surface area contributed by atoms with E-state index < -0.39 is 5.97 Å². The summed E-state index contributed by atoms with van der Waals surface area (Å²) >= 11 is 0. The Balaban J connectivity index is 3.06. The molecule has 1 rings (SSSR count). The Labute approximate surface area is 104 Å². The van der Waals surface area contributed by atoms with Gasteiger partial charge >= 0.3 is 5.97 Å². The second-order valence-electron chi connectivity index (χ2n) is 6.51. The summed E-state index contributed by atoms with van der Waals surface area (Å²) in [6.07, 6.45) is 1.02. The van der Waals surface area contributed by atoms with E-state index in [1.165, 1.54) is 0 Å². The number of carboxylic acids is 1. The Morgan fingerprint density at radius 3 is 2.24 bits per heavy atom. The SMILES string of the molecule is CC(C)(C)CC(C)(C)c1cccc(C(=O)O)c1. The van der Waals surface area contributed by atoms with Gasteiger partial charge < -0.3 is 5.11 Å². The molecule has 2 nitrogen and oxygen atoms in total. The molecule has 2 heteroatoms. The Morgan fingerprint density at radius 2 is 1.76 bits per heavy atom. The van der Waals surface area contributed by atoms with Crippen molar-refractivity contribution in [2.24, 2.45) is 5.41 Å². The zero-order chi connectivity index (χ0) is 13.3. The van der Waals surface area contributed by atoms with Crippen LogP contribution in [-0.2, 0) is 5.41 Å². The highest BCUT2D eigenvalue weighted by Gasteiger charge is 2.27. The number of benzene rings is 1. The summed E-state index contributed by atoms with van der Waals surface area (Å²) in [6, 6.07) is 7.26. The van der Waals surface area contributed by atoms with E-state index in [2.05, 4.69) is 34.6 Å². The highest BCUT2D eigenvalue weighted by atomic mass is 16.4. The molecule has 1 aromatic rings. The largest absolute Gasteiger partial charge is 0.478 e. The fraction of sp³-hybridized carbons (Fsp3) is 0.533. The van der Waals surface area contributed by atoms with Crippen LogP contribution < -0.4 is 0 Å². The molecule has 0 saturated heterocycles. The first-order chi connectivity index (χ1) is 7.62. The maximum Gasteiger partial charge on any atom is 0.335 e. The lowest BCUT2D eigenvalue weighted by Crippen LogP contribution is -2.25. The number of carboxylic acid groups (broad SMARTS) is 1. The van der Waals surface area contributed by atoms with Crippen molar-refractivity contribution in [1.82, 2.24) is 0 Å². The van der Waals surface area contributed by atoms with Gasteiger partial charge in [-0.05, 0) is 34.9 Å². The molecule has 0 aliphatic carbocycles. The van der Waals surface area contributed by atoms with E-state index in [0.717, 1.165) is 12.0 Å². The second-order valence-corrected chi connectivity index (χ2v) is 6.51. The van der Waals surface area contributed by atoms with E-state index in [0.29, 0.717) is 5.56 Å². The molecule has 1 N–H and O–H groups in total. The van der Waals surface area contributed by atoms with Gasteiger partial charge in [0.25, 0.3) is 0 Å². The van der Waals surface area contributed by atoms with E-state index in [-0.39, 0.29) is 10.8 Å². The van der Waals surface area contributed by atoms with Crippen molar-refractivity contribution >= 4 is 5.97 Å². The molecule has 0 heterocycles. The van der Waals surface area contributed by atoms with Crippen LogP contribution >= 0.6 is 0 Å². The minimum absolute atomic E-state index is 0.0102. The van der Waals surface area contributed by atoms with Crippen molar-refractivity contribution in [3.63, 3.8) is 0 Å². The van der Waals surface area contributed by atoms with Gasteiger partial charge in [-0.3, -0.25) is 0 Å². The molecule has 17 heavy (non-hydrogen) atoms. The van der Waals surface area contributed by atoms with Crippen LogP contribution in [0.25, 0.3) is 0 Å². The van der Waals surface area contributed by atoms with Gasteiger partial charge in [-0.25, -0.2) is 4.79 Å². The predicted octanol–water partition coefficient (Wildman–Crippen LogP) is 4.10. The maximum atomic E-state index is 11.0. The molecule has 0 bridgehead atoms. The average molecular weight is 234 g/mol. The van der Waals surface area contributed by atoms with Gasteiger partial charge in [-0.1, -0.05) is 46.8 Å². The topological polar surface area (TPSA) is 37.3 Å². The summed E-state index contributed by atoms with van der Waals surface area (Å²) in [5, 5.41) is 9.01. The summed E-state index contributed by atoms with van der Waals surface area (Å²) in [7, 11) is 0. The minimum atomic E-state index is -0.863. The highest BCUT2D eigenvalue weighted by Crippen LogP contribution is 2.36. The lowest BCUT2D eigenvalue weighted by Gasteiger charge is -2.33. The molecule has 0 aliphatic heterocycles. The lowest BCUT2D eigenvalue weighted by atomic mass is 9.72. The molecule has 1 aromatic carbocycles. The quantitative estimate of drug-likeness (QED) is 0.855. The smallest absolute Gasteiger partial charge is 0.335 e. The van der Waals surface area contributed by atoms with Crippen LogP contribution in [0.3, 0.4) is 0 Å². The van der Waals surface area contributed by atoms with Gasteiger partial charge in [0, 0.05) is 0 Å². The van der Waals surface area contributed by atoms with E-state index in [1.807, 2.05) is 12.1 Å². The number of rotatable bonds is 3. The van der Waals surface area contributed by atoms with Crippen LogP contribution in [0.5, 0.6) is 0 Å². The Kier molecular flexibility index (Phi) is 3.65. The van der Waals surface area contributed by atoms with Crippen molar-refractivity contribution < 1.29 is 9.90 Å². The monoisotopic (exact) mass is 234 g/mol. The summed E-state index contributed by atoms with van der Waals surface area (Å²) in [6.45, 7) is 10.9. The standard InChI is InChI=1S/C15H22O2/c1-14(2,3)10-15(4,5)12-8-6-7-11(9-12)13(16)17/h6-9H,10H2,1-5H3,(H,16,17). The van der Waals surface area contributed by atoms with Crippen molar-refractivity contribution in [3.05, 3.63) is 35.4 Å². The van der Waals surface area contributed by atoms with Crippen molar-refractivity contribution in [2.45, 2.75) is 46.5 Å². The van der Waals surface area contributed by atoms with Crippen molar-refractivity contribution in [2.75, 3.05) is 0 Å². The van der Waals surface area contributed by atoms with Gasteiger partial charge in [-0.2, -0.15) is 0 Å². The molecule has 0 fully saturated rings. The van der Waals surface area contributed by atoms with Crippen LogP contribution in [0.15, 0.2) is 24.3 Å². The molecule has 0 unspecified atom stereocenters. The average Bonchev–Trinajstić information content (AvgIpc) is 2.14. The minimum Gasteiger partial charge on any atom is -0.478 e. The Bertz CT molecular complexity index is 411. The molecule has 0 radical (unpaired) electrons. The number of aromatic carboxylic acids is 1. The van der Waals surface area contributed by atoms with E-state index in [1.54, 1.807) is 12.1 Å². The molecule has 0 amide bonds. The molecular formula is C15H22O2. The number of carbonyl (C=O) groups is 1. The Hall–Kier alpha value is -1.31. The first-order valence-corrected chi connectivity index (χ1v) is 5.96. The van der Waals surface area contributed by atoms with Gasteiger partial charge in [0.1, 0.15) is 0 Å². The number of hydrogen-bond donors (Lipinski definition) is 1. The maximum absolute atomic E-state index is 11.0. The second kappa shape index (κ2) is 4.52. The van der Waals surface area contributed by atoms with Crippen LogP contribution in [0.2, 0.25) is 0 Å². The molecule has 0 spiro atoms. The van der Waals surface area contributed by atoms with E-state index in [4.69, 9.17) is 5.11 Å². The van der Waals surface area contributed by atoms with Crippen LogP contribution in [0.1, 0.15) is 57.0 Å². The summed E-state index contributed by atoms with van der Waals surface area (Å²) in [5.41, 5.74) is 1.67. The van der Waals surface area contributed by atoms with Crippen LogP contribution in [0, 0.1) is 5.41 Å². The third kappa shape index (κ3) is 3.88. The molecule has 94 valence electrons. The van der Waals surface area contributed by atoms with Gasteiger partial charge in [0.05, 0.1) is 5.56 Å². The van der Waals surface area contributed by atoms with Gasteiger partial charge in [0.15, 0.2) is 0 Å². The van der Waals surface area contributed by atoms with Gasteiger partial charge in [-0.15, -0.1) is 0 Å². The predicted molar refractivity (Wildman–Crippen MR) is 70.5 cm³/mol. The van der Waals surface area contributed by atoms with Crippen LogP contribution in [-0.4, -0.2) is 11.1 Å². The first-order valence-electron chi connectivity index (χ1n) is 5.96. The lowest BCUT2D eigenvalue weighted by molar-refractivity contribution is 0.0696. The van der Waals surface area contributed by atoms with E-state index >= 15 is 0 Å². The van der Waals surface area contributed by atoms with E-state index in [9.17, 15) is 4.79 Å². The molecule has 0 saturated carbocycles. The van der Waals surface area contributed by atoms with Crippen LogP contribution in [0.4, 0.5) is 0 Å². The molecule has 0 aliphatic rings. The summed E-state index contributed by atoms with van der Waals surface area (Å²) in [5.74, 6) is -0.863. The highest BCUT2D eigenvalue weighted by molar-refractivity contribution is 5.87. The van der Waals surface area contributed by atoms with Gasteiger partial charge in [0.2, 0.25) is 0 Å². The molecule has 0 aromatic heterocycles. The molecular weight excluding hydrogens is 212 g/mol. The summed E-state index contributed by atoms with van der Waals surface area (Å²) < 4.78 is 0.